The monoisotopic (exact) mass is 291 g/mol. The van der Waals surface area contributed by atoms with E-state index in [9.17, 15) is 0 Å². The summed E-state index contributed by atoms with van der Waals surface area (Å²) in [7, 11) is 0. The molecule has 0 saturated carbocycles. The van der Waals surface area contributed by atoms with Gasteiger partial charge in [0.05, 0.1) is 5.60 Å². The summed E-state index contributed by atoms with van der Waals surface area (Å²) in [4.78, 5) is 0. The predicted molar refractivity (Wildman–Crippen MR) is 92.0 cm³/mol. The smallest absolute Gasteiger partial charge is 0.0807 e. The first kappa shape index (κ1) is 18.2. The summed E-state index contributed by atoms with van der Waals surface area (Å²) in [6.07, 6.45) is 3.20. The Bertz CT molecular complexity index is 409. The highest BCUT2D eigenvalue weighted by atomic mass is 16.5. The van der Waals surface area contributed by atoms with E-state index in [1.54, 1.807) is 0 Å². The maximum atomic E-state index is 6.13. The van der Waals surface area contributed by atoms with Crippen molar-refractivity contribution in [3.63, 3.8) is 0 Å². The normalized spacial score (nSPS) is 15.7. The molecule has 2 nitrogen and oxygen atoms in total. The Hall–Kier alpha value is -0.860. The molecule has 0 spiro atoms. The molecule has 21 heavy (non-hydrogen) atoms. The third-order valence-corrected chi connectivity index (χ3v) is 4.61. The largest absolute Gasteiger partial charge is 0.374 e. The van der Waals surface area contributed by atoms with Crippen LogP contribution in [0.3, 0.4) is 0 Å². The van der Waals surface area contributed by atoms with Gasteiger partial charge in [0.25, 0.3) is 0 Å². The molecule has 1 aromatic rings. The highest BCUT2D eigenvalue weighted by Gasteiger charge is 2.33. The van der Waals surface area contributed by atoms with E-state index in [1.807, 2.05) is 0 Å². The van der Waals surface area contributed by atoms with Crippen LogP contribution in [0.15, 0.2) is 18.2 Å². The van der Waals surface area contributed by atoms with Gasteiger partial charge in [-0.2, -0.15) is 0 Å². The SMILES string of the molecule is CCCNC(Cc1c(C)cccc1C)C(C)(CC)OCC. The average molecular weight is 291 g/mol. The van der Waals surface area contributed by atoms with Crippen molar-refractivity contribution >= 4 is 0 Å². The van der Waals surface area contributed by atoms with Gasteiger partial charge in [-0.15, -0.1) is 0 Å². The van der Waals surface area contributed by atoms with E-state index in [-0.39, 0.29) is 5.60 Å². The van der Waals surface area contributed by atoms with Crippen molar-refractivity contribution in [2.24, 2.45) is 0 Å². The van der Waals surface area contributed by atoms with Gasteiger partial charge in [-0.05, 0) is 70.2 Å². The zero-order valence-electron chi connectivity index (χ0n) is 14.8. The second kappa shape index (κ2) is 8.55. The molecule has 1 rings (SSSR count). The summed E-state index contributed by atoms with van der Waals surface area (Å²) in [6, 6.07) is 6.92. The topological polar surface area (TPSA) is 21.3 Å². The summed E-state index contributed by atoms with van der Waals surface area (Å²) in [6.45, 7) is 15.0. The van der Waals surface area contributed by atoms with Crippen molar-refractivity contribution < 1.29 is 4.74 Å². The number of nitrogens with one attached hydrogen (secondary N) is 1. The molecular formula is C19H33NO. The van der Waals surface area contributed by atoms with E-state index < -0.39 is 0 Å². The minimum Gasteiger partial charge on any atom is -0.374 e. The molecule has 2 atom stereocenters. The maximum Gasteiger partial charge on any atom is 0.0807 e. The predicted octanol–water partition coefficient (Wildman–Crippen LogP) is 4.42. The highest BCUT2D eigenvalue weighted by molar-refractivity contribution is 5.34. The van der Waals surface area contributed by atoms with Gasteiger partial charge in [-0.25, -0.2) is 0 Å². The molecule has 0 fully saturated rings. The van der Waals surface area contributed by atoms with Gasteiger partial charge in [0.2, 0.25) is 0 Å². The fourth-order valence-electron chi connectivity index (χ4n) is 2.98. The Balaban J connectivity index is 3.02. The Morgan fingerprint density at radius 2 is 1.76 bits per heavy atom. The van der Waals surface area contributed by atoms with Crippen molar-refractivity contribution in [3.05, 3.63) is 34.9 Å². The van der Waals surface area contributed by atoms with Crippen LogP contribution in [0.2, 0.25) is 0 Å². The van der Waals surface area contributed by atoms with Gasteiger partial charge >= 0.3 is 0 Å². The van der Waals surface area contributed by atoms with E-state index in [2.05, 4.69) is 65.1 Å². The van der Waals surface area contributed by atoms with Gasteiger partial charge in [-0.1, -0.05) is 32.0 Å². The van der Waals surface area contributed by atoms with Crippen molar-refractivity contribution in [2.75, 3.05) is 13.2 Å². The number of aryl methyl sites for hydroxylation is 2. The molecule has 0 heterocycles. The average Bonchev–Trinajstić information content (AvgIpc) is 2.46. The second-order valence-electron chi connectivity index (χ2n) is 6.18. The lowest BCUT2D eigenvalue weighted by Crippen LogP contribution is -2.52. The quantitative estimate of drug-likeness (QED) is 0.727. The van der Waals surface area contributed by atoms with Crippen LogP contribution in [-0.4, -0.2) is 24.8 Å². The Kier molecular flexibility index (Phi) is 7.41. The van der Waals surface area contributed by atoms with Crippen molar-refractivity contribution in [3.8, 4) is 0 Å². The molecule has 2 heteroatoms. The minimum absolute atomic E-state index is 0.112. The molecule has 0 aliphatic rings. The van der Waals surface area contributed by atoms with E-state index in [0.29, 0.717) is 6.04 Å². The molecule has 2 unspecified atom stereocenters. The van der Waals surface area contributed by atoms with Crippen molar-refractivity contribution in [1.29, 1.82) is 0 Å². The first-order chi connectivity index (χ1) is 9.98. The Morgan fingerprint density at radius 1 is 1.14 bits per heavy atom. The maximum absolute atomic E-state index is 6.13. The molecular weight excluding hydrogens is 258 g/mol. The summed E-state index contributed by atoms with van der Waals surface area (Å²) < 4.78 is 6.13. The number of hydrogen-bond donors (Lipinski definition) is 1. The first-order valence-electron chi connectivity index (χ1n) is 8.40. The van der Waals surface area contributed by atoms with Crippen LogP contribution in [0, 0.1) is 13.8 Å². The number of ether oxygens (including phenoxy) is 1. The van der Waals surface area contributed by atoms with Gasteiger partial charge in [0.1, 0.15) is 0 Å². The van der Waals surface area contributed by atoms with Gasteiger partial charge in [0.15, 0.2) is 0 Å². The minimum atomic E-state index is -0.112. The lowest BCUT2D eigenvalue weighted by atomic mass is 9.85. The highest BCUT2D eigenvalue weighted by Crippen LogP contribution is 2.26. The molecule has 120 valence electrons. The summed E-state index contributed by atoms with van der Waals surface area (Å²) >= 11 is 0. The molecule has 0 saturated heterocycles. The van der Waals surface area contributed by atoms with Crippen molar-refractivity contribution in [2.45, 2.75) is 72.4 Å². The lowest BCUT2D eigenvalue weighted by Gasteiger charge is -2.38. The summed E-state index contributed by atoms with van der Waals surface area (Å²) in [5.74, 6) is 0. The zero-order chi connectivity index (χ0) is 15.9. The van der Waals surface area contributed by atoms with Crippen LogP contribution in [-0.2, 0) is 11.2 Å². The van der Waals surface area contributed by atoms with E-state index in [1.165, 1.54) is 16.7 Å². The first-order valence-corrected chi connectivity index (χ1v) is 8.40. The Morgan fingerprint density at radius 3 is 2.24 bits per heavy atom. The zero-order valence-corrected chi connectivity index (χ0v) is 14.8. The van der Waals surface area contributed by atoms with E-state index in [0.717, 1.165) is 32.4 Å². The van der Waals surface area contributed by atoms with Crippen LogP contribution < -0.4 is 5.32 Å². The fraction of sp³-hybridized carbons (Fsp3) is 0.684. The molecule has 0 aliphatic carbocycles. The second-order valence-corrected chi connectivity index (χ2v) is 6.18. The molecule has 0 aliphatic heterocycles. The standard InChI is InChI=1S/C19H33NO/c1-7-13-20-18(19(6,8-2)21-9-3)14-17-15(4)11-10-12-16(17)5/h10-12,18,20H,7-9,13-14H2,1-6H3. The number of hydrogen-bond acceptors (Lipinski definition) is 2. The van der Waals surface area contributed by atoms with Gasteiger partial charge in [-0.3, -0.25) is 0 Å². The molecule has 1 N–H and O–H groups in total. The molecule has 1 aromatic carbocycles. The van der Waals surface area contributed by atoms with Gasteiger partial charge in [0, 0.05) is 12.6 Å². The molecule has 0 aromatic heterocycles. The van der Waals surface area contributed by atoms with Crippen LogP contribution >= 0.6 is 0 Å². The third-order valence-electron chi connectivity index (χ3n) is 4.61. The molecule has 0 bridgehead atoms. The summed E-state index contributed by atoms with van der Waals surface area (Å²) in [5, 5.41) is 3.72. The van der Waals surface area contributed by atoms with Crippen LogP contribution in [0.1, 0.15) is 57.2 Å². The van der Waals surface area contributed by atoms with E-state index >= 15 is 0 Å². The number of rotatable bonds is 9. The summed E-state index contributed by atoms with van der Waals surface area (Å²) in [5.41, 5.74) is 4.12. The number of benzene rings is 1. The van der Waals surface area contributed by atoms with Crippen LogP contribution in [0.5, 0.6) is 0 Å². The molecule has 0 radical (unpaired) electrons. The lowest BCUT2D eigenvalue weighted by molar-refractivity contribution is -0.0550. The molecule has 0 amide bonds. The van der Waals surface area contributed by atoms with Gasteiger partial charge < -0.3 is 10.1 Å². The van der Waals surface area contributed by atoms with Crippen LogP contribution in [0.25, 0.3) is 0 Å². The van der Waals surface area contributed by atoms with E-state index in [4.69, 9.17) is 4.74 Å². The fourth-order valence-corrected chi connectivity index (χ4v) is 2.98. The third kappa shape index (κ3) is 4.82. The Labute approximate surface area is 131 Å². The van der Waals surface area contributed by atoms with Crippen molar-refractivity contribution in [1.82, 2.24) is 5.32 Å². The van der Waals surface area contributed by atoms with Crippen LogP contribution in [0.4, 0.5) is 0 Å².